The Kier molecular flexibility index (Phi) is 4.42. The summed E-state index contributed by atoms with van der Waals surface area (Å²) in [7, 11) is 0. The van der Waals surface area contributed by atoms with Gasteiger partial charge in [0, 0.05) is 21.9 Å². The number of fused-ring (bicyclic) bond motifs is 1. The van der Waals surface area contributed by atoms with Crippen LogP contribution in [0.15, 0.2) is 34.9 Å². The molecule has 0 aliphatic heterocycles. The summed E-state index contributed by atoms with van der Waals surface area (Å²) in [6.07, 6.45) is -2.98. The first-order valence-corrected chi connectivity index (χ1v) is 7.81. The lowest BCUT2D eigenvalue weighted by Crippen LogP contribution is -2.13. The molecule has 0 amide bonds. The van der Waals surface area contributed by atoms with Crippen LogP contribution >= 0.6 is 15.9 Å². The number of alkyl halides is 3. The van der Waals surface area contributed by atoms with Crippen LogP contribution in [-0.4, -0.2) is 21.2 Å². The van der Waals surface area contributed by atoms with Crippen molar-refractivity contribution < 1.29 is 18.0 Å². The van der Waals surface area contributed by atoms with Crippen LogP contribution < -0.4 is 5.32 Å². The molecule has 0 atom stereocenters. The van der Waals surface area contributed by atoms with E-state index in [9.17, 15) is 18.0 Å². The molecular weight excluding hydrogens is 401 g/mol. The highest BCUT2D eigenvalue weighted by Gasteiger charge is 2.35. The highest BCUT2D eigenvalue weighted by atomic mass is 79.9. The Morgan fingerprint density at radius 2 is 2.00 bits per heavy atom. The third-order valence-corrected chi connectivity index (χ3v) is 4.33. The molecule has 0 unspecified atom stereocenters. The quantitative estimate of drug-likeness (QED) is 0.635. The van der Waals surface area contributed by atoms with Crippen LogP contribution in [0.2, 0.25) is 0 Å². The summed E-state index contributed by atoms with van der Waals surface area (Å²) in [4.78, 5) is 22.0. The Morgan fingerprint density at radius 3 is 2.68 bits per heavy atom. The maximum absolute atomic E-state index is 13.1. The fourth-order valence-corrected chi connectivity index (χ4v) is 2.55. The van der Waals surface area contributed by atoms with Crippen molar-refractivity contribution >= 4 is 44.8 Å². The number of nitrogens with zero attached hydrogens (tertiary/aromatic N) is 3. The van der Waals surface area contributed by atoms with E-state index in [4.69, 9.17) is 0 Å². The van der Waals surface area contributed by atoms with Gasteiger partial charge >= 0.3 is 6.18 Å². The first-order chi connectivity index (χ1) is 11.8. The van der Waals surface area contributed by atoms with Crippen molar-refractivity contribution in [3.63, 3.8) is 0 Å². The number of carbonyl (C=O) groups is 1. The van der Waals surface area contributed by atoms with Gasteiger partial charge in [-0.2, -0.15) is 13.2 Å². The highest BCUT2D eigenvalue weighted by Crippen LogP contribution is 2.32. The number of hydrogen-bond acceptors (Lipinski definition) is 5. The molecule has 1 aromatic carbocycles. The number of hydrogen-bond donors (Lipinski definition) is 1. The van der Waals surface area contributed by atoms with Crippen molar-refractivity contribution in [1.29, 1.82) is 0 Å². The van der Waals surface area contributed by atoms with Crippen LogP contribution in [0.25, 0.3) is 11.0 Å². The molecule has 3 rings (SSSR count). The van der Waals surface area contributed by atoms with E-state index in [-0.39, 0.29) is 22.4 Å². The third-order valence-electron chi connectivity index (χ3n) is 3.47. The van der Waals surface area contributed by atoms with E-state index in [0.29, 0.717) is 12.0 Å². The van der Waals surface area contributed by atoms with Gasteiger partial charge in [0.25, 0.3) is 0 Å². The average molecular weight is 411 g/mol. The van der Waals surface area contributed by atoms with E-state index < -0.39 is 12.0 Å². The van der Waals surface area contributed by atoms with Gasteiger partial charge < -0.3 is 5.32 Å². The minimum Gasteiger partial charge on any atom is -0.338 e. The lowest BCUT2D eigenvalue weighted by molar-refractivity contribution is -0.144. The number of anilines is 2. The van der Waals surface area contributed by atoms with Gasteiger partial charge in [0.15, 0.2) is 12.1 Å². The number of nitrogens with one attached hydrogen (secondary N) is 1. The second-order valence-electron chi connectivity index (χ2n) is 5.19. The Labute approximate surface area is 148 Å². The van der Waals surface area contributed by atoms with Gasteiger partial charge in [-0.25, -0.2) is 15.0 Å². The van der Waals surface area contributed by atoms with Crippen LogP contribution in [0.1, 0.15) is 21.7 Å². The summed E-state index contributed by atoms with van der Waals surface area (Å²) in [6.45, 7) is 1.80. The topological polar surface area (TPSA) is 67.8 Å². The van der Waals surface area contributed by atoms with Crippen LogP contribution in [0.5, 0.6) is 0 Å². The van der Waals surface area contributed by atoms with Gasteiger partial charge in [0.2, 0.25) is 5.82 Å². The SMILES string of the molecule is Cc1c(Br)cccc1Nc1nc(C(F)(F)F)nc2cc(C=O)cnc12. The number of aldehydes is 1. The van der Waals surface area contributed by atoms with Crippen LogP contribution in [0.3, 0.4) is 0 Å². The normalized spacial score (nSPS) is 11.6. The largest absolute Gasteiger partial charge is 0.451 e. The summed E-state index contributed by atoms with van der Waals surface area (Å²) in [5, 5.41) is 2.87. The Bertz CT molecular complexity index is 975. The second kappa shape index (κ2) is 6.40. The van der Waals surface area contributed by atoms with Crippen LogP contribution in [0, 0.1) is 6.92 Å². The first kappa shape index (κ1) is 17.3. The lowest BCUT2D eigenvalue weighted by atomic mass is 10.2. The zero-order valence-corrected chi connectivity index (χ0v) is 14.3. The number of rotatable bonds is 3. The van der Waals surface area contributed by atoms with Gasteiger partial charge in [-0.1, -0.05) is 22.0 Å². The monoisotopic (exact) mass is 410 g/mol. The maximum atomic E-state index is 13.1. The zero-order valence-electron chi connectivity index (χ0n) is 12.7. The number of pyridine rings is 1. The van der Waals surface area contributed by atoms with Crippen LogP contribution in [0.4, 0.5) is 24.7 Å². The fraction of sp³-hybridized carbons (Fsp3) is 0.125. The Balaban J connectivity index is 2.21. The van der Waals surface area contributed by atoms with Crippen molar-refractivity contribution in [1.82, 2.24) is 15.0 Å². The van der Waals surface area contributed by atoms with E-state index >= 15 is 0 Å². The number of carbonyl (C=O) groups excluding carboxylic acids is 1. The van der Waals surface area contributed by atoms with Crippen molar-refractivity contribution in [2.24, 2.45) is 0 Å². The summed E-state index contributed by atoms with van der Waals surface area (Å²) < 4.78 is 40.1. The lowest BCUT2D eigenvalue weighted by Gasteiger charge is -2.14. The summed E-state index contributed by atoms with van der Waals surface area (Å²) in [5.41, 5.74) is 1.57. The molecule has 9 heteroatoms. The van der Waals surface area contributed by atoms with E-state index in [0.717, 1.165) is 10.0 Å². The molecule has 0 radical (unpaired) electrons. The molecule has 0 aliphatic rings. The molecule has 0 bridgehead atoms. The Morgan fingerprint density at radius 1 is 1.24 bits per heavy atom. The van der Waals surface area contributed by atoms with Gasteiger partial charge in [-0.15, -0.1) is 0 Å². The molecule has 128 valence electrons. The third kappa shape index (κ3) is 3.46. The van der Waals surface area contributed by atoms with Crippen molar-refractivity contribution in [3.8, 4) is 0 Å². The van der Waals surface area contributed by atoms with Crippen molar-refractivity contribution in [2.75, 3.05) is 5.32 Å². The minimum absolute atomic E-state index is 0.0675. The van der Waals surface area contributed by atoms with E-state index in [1.54, 1.807) is 19.1 Å². The Hall–Kier alpha value is -2.55. The maximum Gasteiger partial charge on any atom is 0.451 e. The molecule has 25 heavy (non-hydrogen) atoms. The molecule has 3 aromatic rings. The number of benzene rings is 1. The number of halogens is 4. The van der Waals surface area contributed by atoms with E-state index in [1.807, 2.05) is 6.07 Å². The van der Waals surface area contributed by atoms with Gasteiger partial charge in [0.1, 0.15) is 5.52 Å². The van der Waals surface area contributed by atoms with Crippen molar-refractivity contribution in [3.05, 3.63) is 51.9 Å². The molecule has 0 aliphatic carbocycles. The van der Waals surface area contributed by atoms with Crippen molar-refractivity contribution in [2.45, 2.75) is 13.1 Å². The molecule has 0 saturated heterocycles. The molecule has 5 nitrogen and oxygen atoms in total. The molecule has 2 heterocycles. The van der Waals surface area contributed by atoms with E-state index in [1.165, 1.54) is 12.3 Å². The molecule has 0 saturated carbocycles. The predicted molar refractivity (Wildman–Crippen MR) is 89.9 cm³/mol. The molecule has 0 fully saturated rings. The fourth-order valence-electron chi connectivity index (χ4n) is 2.18. The molecule has 2 aromatic heterocycles. The molecule has 1 N–H and O–H groups in total. The smallest absolute Gasteiger partial charge is 0.338 e. The number of aromatic nitrogens is 3. The van der Waals surface area contributed by atoms with Gasteiger partial charge in [-0.3, -0.25) is 4.79 Å². The minimum atomic E-state index is -4.73. The first-order valence-electron chi connectivity index (χ1n) is 7.02. The highest BCUT2D eigenvalue weighted by molar-refractivity contribution is 9.10. The van der Waals surface area contributed by atoms with E-state index in [2.05, 4.69) is 36.2 Å². The van der Waals surface area contributed by atoms with Gasteiger partial charge in [0.05, 0.1) is 5.52 Å². The van der Waals surface area contributed by atoms with Gasteiger partial charge in [-0.05, 0) is 30.7 Å². The average Bonchev–Trinajstić information content (AvgIpc) is 2.57. The second-order valence-corrected chi connectivity index (χ2v) is 6.04. The predicted octanol–water partition coefficient (Wildman–Crippen LogP) is 4.67. The molecular formula is C16H10BrF3N4O. The van der Waals surface area contributed by atoms with Crippen LogP contribution in [-0.2, 0) is 6.18 Å². The standard InChI is InChI=1S/C16H10BrF3N4O/c1-8-10(17)3-2-4-11(8)22-14-13-12(5-9(7-25)6-21-13)23-15(24-14)16(18,19)20/h2-7H,1H3,(H,22,23,24). The summed E-state index contributed by atoms with van der Waals surface area (Å²) in [6, 6.07) is 6.51. The molecule has 0 spiro atoms. The zero-order chi connectivity index (χ0) is 18.2. The summed E-state index contributed by atoms with van der Waals surface area (Å²) >= 11 is 3.37. The summed E-state index contributed by atoms with van der Waals surface area (Å²) in [5.74, 6) is -1.39.